The van der Waals surface area contributed by atoms with Gasteiger partial charge in [0.1, 0.15) is 0 Å². The number of hydrogen-bond acceptors (Lipinski definition) is 5. The zero-order chi connectivity index (χ0) is 16.2. The van der Waals surface area contributed by atoms with Gasteiger partial charge in [-0.05, 0) is 17.9 Å². The van der Waals surface area contributed by atoms with E-state index in [-0.39, 0.29) is 5.75 Å². The Balaban J connectivity index is 1.65. The van der Waals surface area contributed by atoms with E-state index in [9.17, 15) is 8.42 Å². The number of sulfonamides is 1. The lowest BCUT2D eigenvalue weighted by molar-refractivity contribution is 0.310. The van der Waals surface area contributed by atoms with Gasteiger partial charge in [0.05, 0.1) is 11.2 Å². The van der Waals surface area contributed by atoms with Crippen LogP contribution >= 0.6 is 0 Å². The van der Waals surface area contributed by atoms with Crippen molar-refractivity contribution in [2.75, 3.05) is 18.8 Å². The van der Waals surface area contributed by atoms with Gasteiger partial charge in [-0.1, -0.05) is 43.3 Å². The fourth-order valence-electron chi connectivity index (χ4n) is 3.44. The summed E-state index contributed by atoms with van der Waals surface area (Å²) in [5.74, 6) is 1.52. The monoisotopic (exact) mass is 333 g/mol. The molecule has 0 radical (unpaired) electrons. The Morgan fingerprint density at radius 1 is 1.26 bits per heavy atom. The van der Waals surface area contributed by atoms with Crippen LogP contribution < -0.4 is 0 Å². The lowest BCUT2D eigenvalue weighted by atomic mass is 9.89. The molecule has 2 atom stereocenters. The van der Waals surface area contributed by atoms with Crippen LogP contribution in [0.25, 0.3) is 11.4 Å². The van der Waals surface area contributed by atoms with Crippen LogP contribution in [0.15, 0.2) is 28.8 Å². The molecule has 2 aromatic rings. The summed E-state index contributed by atoms with van der Waals surface area (Å²) in [5.41, 5.74) is 1.61. The maximum absolute atomic E-state index is 12.0. The summed E-state index contributed by atoms with van der Waals surface area (Å²) >= 11 is 0. The summed E-state index contributed by atoms with van der Waals surface area (Å²) in [6.07, 6.45) is 0.750. The van der Waals surface area contributed by atoms with Crippen molar-refractivity contribution in [1.29, 1.82) is 0 Å². The lowest BCUT2D eigenvalue weighted by Gasteiger charge is -2.19. The zero-order valence-corrected chi connectivity index (χ0v) is 14.0. The van der Waals surface area contributed by atoms with Gasteiger partial charge in [-0.2, -0.15) is 4.98 Å². The van der Waals surface area contributed by atoms with E-state index in [0.717, 1.165) is 12.0 Å². The number of nitrogens with zero attached hydrogens (tertiary/aromatic N) is 3. The van der Waals surface area contributed by atoms with Gasteiger partial charge in [-0.3, -0.25) is 0 Å². The first-order chi connectivity index (χ1) is 10.9. The SMILES string of the molecule is CC(C)c1ccc(-c2noc(C34CCN(C3)S(=O)(=O)C4)n2)cc1. The minimum atomic E-state index is -3.16. The second-order valence-corrected chi connectivity index (χ2v) is 8.79. The minimum Gasteiger partial charge on any atom is -0.338 e. The molecule has 0 aliphatic carbocycles. The summed E-state index contributed by atoms with van der Waals surface area (Å²) in [6, 6.07) is 8.08. The zero-order valence-electron chi connectivity index (χ0n) is 13.2. The van der Waals surface area contributed by atoms with Crippen molar-refractivity contribution in [3.05, 3.63) is 35.7 Å². The molecule has 2 aliphatic heterocycles. The quantitative estimate of drug-likeness (QED) is 0.860. The maximum atomic E-state index is 12.0. The standard InChI is InChI=1S/C16H19N3O3S/c1-11(2)12-3-5-13(6-4-12)14-17-15(22-18-14)16-7-8-19(9-16)23(20,21)10-16/h3-6,11H,7-10H2,1-2H3. The van der Waals surface area contributed by atoms with Gasteiger partial charge < -0.3 is 4.52 Å². The van der Waals surface area contributed by atoms with Gasteiger partial charge in [-0.25, -0.2) is 12.7 Å². The molecule has 0 spiro atoms. The molecule has 0 N–H and O–H groups in total. The number of benzene rings is 1. The molecule has 1 aromatic carbocycles. The van der Waals surface area contributed by atoms with Crippen molar-refractivity contribution in [1.82, 2.24) is 14.4 Å². The Bertz CT molecular complexity index is 842. The molecule has 122 valence electrons. The highest BCUT2D eigenvalue weighted by Crippen LogP contribution is 2.43. The third kappa shape index (κ3) is 2.30. The average Bonchev–Trinajstić information content (AvgIpc) is 3.19. The predicted molar refractivity (Wildman–Crippen MR) is 85.5 cm³/mol. The fraction of sp³-hybridized carbons (Fsp3) is 0.500. The van der Waals surface area contributed by atoms with Gasteiger partial charge in [0.25, 0.3) is 0 Å². The number of hydrogen-bond donors (Lipinski definition) is 0. The average molecular weight is 333 g/mol. The first-order valence-corrected chi connectivity index (χ1v) is 9.43. The van der Waals surface area contributed by atoms with Crippen LogP contribution in [0.3, 0.4) is 0 Å². The molecule has 0 amide bonds. The van der Waals surface area contributed by atoms with Crippen LogP contribution in [0.5, 0.6) is 0 Å². The van der Waals surface area contributed by atoms with Crippen LogP contribution in [0.4, 0.5) is 0 Å². The van der Waals surface area contributed by atoms with Gasteiger partial charge >= 0.3 is 0 Å². The Kier molecular flexibility index (Phi) is 3.15. The second kappa shape index (κ2) is 4.88. The molecule has 2 saturated heterocycles. The van der Waals surface area contributed by atoms with Crippen LogP contribution in [-0.2, 0) is 15.4 Å². The van der Waals surface area contributed by atoms with Gasteiger partial charge in [0.2, 0.25) is 21.7 Å². The lowest BCUT2D eigenvalue weighted by Crippen LogP contribution is -2.32. The highest BCUT2D eigenvalue weighted by molar-refractivity contribution is 7.89. The predicted octanol–water partition coefficient (Wildman–Crippen LogP) is 2.15. The van der Waals surface area contributed by atoms with Crippen LogP contribution in [0, 0.1) is 0 Å². The van der Waals surface area contributed by atoms with E-state index in [4.69, 9.17) is 4.52 Å². The third-order valence-electron chi connectivity index (χ3n) is 4.89. The summed E-state index contributed by atoms with van der Waals surface area (Å²) in [5, 5.41) is 4.07. The van der Waals surface area contributed by atoms with Crippen molar-refractivity contribution in [3.8, 4) is 11.4 Å². The minimum absolute atomic E-state index is 0.0773. The van der Waals surface area contributed by atoms with E-state index in [2.05, 4.69) is 36.1 Å². The van der Waals surface area contributed by atoms with Gasteiger partial charge in [0.15, 0.2) is 0 Å². The van der Waals surface area contributed by atoms with Crippen molar-refractivity contribution < 1.29 is 12.9 Å². The molecule has 6 nitrogen and oxygen atoms in total. The number of fused-ring (bicyclic) bond motifs is 2. The molecule has 2 bridgehead atoms. The summed E-state index contributed by atoms with van der Waals surface area (Å²) in [4.78, 5) is 4.50. The van der Waals surface area contributed by atoms with Crippen LogP contribution in [0.2, 0.25) is 0 Å². The van der Waals surface area contributed by atoms with E-state index >= 15 is 0 Å². The smallest absolute Gasteiger partial charge is 0.235 e. The molecule has 2 unspecified atom stereocenters. The fourth-order valence-corrected chi connectivity index (χ4v) is 5.49. The molecule has 0 saturated carbocycles. The molecular formula is C16H19N3O3S. The van der Waals surface area contributed by atoms with E-state index in [0.29, 0.717) is 30.7 Å². The Morgan fingerprint density at radius 3 is 2.57 bits per heavy atom. The van der Waals surface area contributed by atoms with Crippen molar-refractivity contribution in [2.45, 2.75) is 31.6 Å². The molecule has 7 heteroatoms. The molecule has 23 heavy (non-hydrogen) atoms. The maximum Gasteiger partial charge on any atom is 0.235 e. The van der Waals surface area contributed by atoms with Gasteiger partial charge in [-0.15, -0.1) is 0 Å². The number of rotatable bonds is 3. The Labute approximate surface area is 135 Å². The van der Waals surface area contributed by atoms with Crippen molar-refractivity contribution in [2.24, 2.45) is 0 Å². The largest absolute Gasteiger partial charge is 0.338 e. The summed E-state index contributed by atoms with van der Waals surface area (Å²) < 4.78 is 31.0. The van der Waals surface area contributed by atoms with Gasteiger partial charge in [0, 0.05) is 18.7 Å². The number of aromatic nitrogens is 2. The van der Waals surface area contributed by atoms with E-state index in [1.54, 1.807) is 0 Å². The second-order valence-electron chi connectivity index (χ2n) is 6.82. The highest BCUT2D eigenvalue weighted by Gasteiger charge is 2.56. The van der Waals surface area contributed by atoms with E-state index in [1.807, 2.05) is 12.1 Å². The first kappa shape index (κ1) is 14.8. The molecule has 4 rings (SSSR count). The van der Waals surface area contributed by atoms with E-state index < -0.39 is 15.4 Å². The first-order valence-electron chi connectivity index (χ1n) is 7.82. The molecule has 2 aliphatic rings. The molecule has 1 aromatic heterocycles. The highest BCUT2D eigenvalue weighted by atomic mass is 32.2. The van der Waals surface area contributed by atoms with Crippen LogP contribution in [0.1, 0.15) is 37.6 Å². The topological polar surface area (TPSA) is 76.3 Å². The third-order valence-corrected chi connectivity index (χ3v) is 6.90. The normalized spacial score (nSPS) is 28.6. The molecule has 2 fully saturated rings. The van der Waals surface area contributed by atoms with Crippen LogP contribution in [-0.4, -0.2) is 41.7 Å². The Morgan fingerprint density at radius 2 is 2.00 bits per heavy atom. The Hall–Kier alpha value is -1.73. The van der Waals surface area contributed by atoms with Crippen molar-refractivity contribution >= 4 is 10.0 Å². The van der Waals surface area contributed by atoms with E-state index in [1.165, 1.54) is 9.87 Å². The van der Waals surface area contributed by atoms with Crippen molar-refractivity contribution in [3.63, 3.8) is 0 Å². The molecular weight excluding hydrogens is 314 g/mol. The summed E-state index contributed by atoms with van der Waals surface area (Å²) in [6.45, 7) is 5.30. The molecule has 3 heterocycles. The summed E-state index contributed by atoms with van der Waals surface area (Å²) in [7, 11) is -3.16.